The molecule has 1 aromatic rings. The first-order valence-electron chi connectivity index (χ1n) is 4.65. The van der Waals surface area contributed by atoms with Gasteiger partial charge in [-0.1, -0.05) is 0 Å². The van der Waals surface area contributed by atoms with Crippen LogP contribution < -0.4 is 0 Å². The first kappa shape index (κ1) is 13.9. The number of hydrogen-bond acceptors (Lipinski definition) is 3. The van der Waals surface area contributed by atoms with Gasteiger partial charge in [-0.15, -0.1) is 0 Å². The summed E-state index contributed by atoms with van der Waals surface area (Å²) in [6.45, 7) is 0. The molecule has 10 heteroatoms. The zero-order valence-corrected chi connectivity index (χ0v) is 11.0. The minimum absolute atomic E-state index is 0.149. The molecule has 0 saturated carbocycles. The van der Waals surface area contributed by atoms with Gasteiger partial charge in [0.1, 0.15) is 0 Å². The summed E-state index contributed by atoms with van der Waals surface area (Å²) in [7, 11) is 0. The molecular weight excluding hydrogens is 385 g/mol. The van der Waals surface area contributed by atoms with Crippen molar-refractivity contribution in [3.05, 3.63) is 43.8 Å². The van der Waals surface area contributed by atoms with E-state index in [1.807, 2.05) is 5.11 Å². The van der Waals surface area contributed by atoms with Gasteiger partial charge in [-0.05, 0) is 0 Å². The van der Waals surface area contributed by atoms with E-state index in [1.165, 1.54) is 18.2 Å². The summed E-state index contributed by atoms with van der Waals surface area (Å²) in [4.78, 5) is 13.0. The SMILES string of the molecule is [N-]=[N+]=NC(F)(F)C(F)(F)I1OC(=O)c2ccccc21. The molecule has 0 N–H and O–H groups in total. The fraction of sp³-hybridized carbons (Fsp3) is 0.222. The van der Waals surface area contributed by atoms with Crippen LogP contribution in [0, 0.1) is 3.57 Å². The van der Waals surface area contributed by atoms with Crippen LogP contribution in [0.25, 0.3) is 10.4 Å². The second kappa shape index (κ2) is 4.53. The molecule has 0 amide bonds. The Morgan fingerprint density at radius 1 is 1.26 bits per heavy atom. The molecule has 0 unspecified atom stereocenters. The Labute approximate surface area is 111 Å². The summed E-state index contributed by atoms with van der Waals surface area (Å²) in [6.07, 6.45) is 0. The summed E-state index contributed by atoms with van der Waals surface area (Å²) < 4.78 is 53.3. The van der Waals surface area contributed by atoms with E-state index >= 15 is 0 Å². The molecule has 1 aromatic carbocycles. The van der Waals surface area contributed by atoms with Crippen LogP contribution >= 0.6 is 20.2 Å². The van der Waals surface area contributed by atoms with E-state index in [2.05, 4.69) is 3.07 Å². The summed E-state index contributed by atoms with van der Waals surface area (Å²) in [5, 5.41) is 1.82. The van der Waals surface area contributed by atoms with E-state index in [0.717, 1.165) is 6.07 Å². The Morgan fingerprint density at radius 2 is 1.89 bits per heavy atom. The predicted octanol–water partition coefficient (Wildman–Crippen LogP) is 3.94. The van der Waals surface area contributed by atoms with Crippen molar-refractivity contribution < 1.29 is 25.4 Å². The van der Waals surface area contributed by atoms with E-state index in [1.54, 1.807) is 4.91 Å². The van der Waals surface area contributed by atoms with E-state index in [-0.39, 0.29) is 9.13 Å². The number of alkyl halides is 5. The van der Waals surface area contributed by atoms with Gasteiger partial charge in [0.2, 0.25) is 0 Å². The zero-order valence-electron chi connectivity index (χ0n) is 8.86. The van der Waals surface area contributed by atoms with Crippen molar-refractivity contribution in [1.29, 1.82) is 0 Å². The Bertz CT molecular complexity index is 589. The topological polar surface area (TPSA) is 75.1 Å². The van der Waals surface area contributed by atoms with Crippen LogP contribution in [0.1, 0.15) is 10.4 Å². The van der Waals surface area contributed by atoms with Crippen LogP contribution in [0.4, 0.5) is 17.6 Å². The Balaban J connectivity index is 2.49. The van der Waals surface area contributed by atoms with Crippen molar-refractivity contribution in [3.8, 4) is 0 Å². The quantitative estimate of drug-likeness (QED) is 0.149. The zero-order chi connectivity index (χ0) is 14.3. The van der Waals surface area contributed by atoms with Gasteiger partial charge in [0.25, 0.3) is 0 Å². The first-order valence-corrected chi connectivity index (χ1v) is 7.69. The van der Waals surface area contributed by atoms with Gasteiger partial charge < -0.3 is 0 Å². The molecule has 2 rings (SSSR count). The molecule has 1 aliphatic rings. The second-order valence-electron chi connectivity index (χ2n) is 3.32. The fourth-order valence-corrected chi connectivity index (χ4v) is 5.36. The third kappa shape index (κ3) is 2.10. The molecule has 0 radical (unpaired) electrons. The Morgan fingerprint density at radius 3 is 2.53 bits per heavy atom. The predicted molar refractivity (Wildman–Crippen MR) is 63.6 cm³/mol. The number of nitrogens with zero attached hydrogens (tertiary/aromatic N) is 3. The first-order chi connectivity index (χ1) is 8.81. The minimum atomic E-state index is -4.94. The molecule has 5 nitrogen and oxygen atoms in total. The van der Waals surface area contributed by atoms with Crippen LogP contribution in [-0.2, 0) is 3.07 Å². The number of carbonyl (C=O) groups is 1. The average molecular weight is 389 g/mol. The molecule has 0 spiro atoms. The molecule has 1 aliphatic heterocycles. The third-order valence-corrected chi connectivity index (χ3v) is 6.87. The molecule has 0 aromatic heterocycles. The van der Waals surface area contributed by atoms with Crippen LogP contribution in [0.3, 0.4) is 0 Å². The molecule has 102 valence electrons. The maximum atomic E-state index is 13.7. The van der Waals surface area contributed by atoms with Crippen LogP contribution in [-0.4, -0.2) is 15.9 Å². The summed E-state index contributed by atoms with van der Waals surface area (Å²) in [6, 6.07) is 0.170. The number of fused-ring (bicyclic) bond motifs is 1. The van der Waals surface area contributed by atoms with Gasteiger partial charge in [-0.3, -0.25) is 0 Å². The number of halogens is 5. The number of azide groups is 1. The van der Waals surface area contributed by atoms with Gasteiger partial charge in [0.05, 0.1) is 0 Å². The molecular formula is C9H4F4IN3O2. The van der Waals surface area contributed by atoms with E-state index < -0.39 is 36.2 Å². The number of rotatable bonds is 3. The van der Waals surface area contributed by atoms with Crippen LogP contribution in [0.2, 0.25) is 0 Å². The van der Waals surface area contributed by atoms with Crippen molar-refractivity contribution in [2.75, 3.05) is 0 Å². The van der Waals surface area contributed by atoms with Crippen LogP contribution in [0.15, 0.2) is 29.4 Å². The normalized spacial score (nSPS) is 16.6. The second-order valence-corrected chi connectivity index (χ2v) is 7.70. The van der Waals surface area contributed by atoms with Gasteiger partial charge in [-0.25, -0.2) is 0 Å². The fourth-order valence-electron chi connectivity index (χ4n) is 1.32. The summed E-state index contributed by atoms with van der Waals surface area (Å²) >= 11 is -4.31. The number of carbonyl (C=O) groups excluding carboxylic acids is 1. The molecule has 19 heavy (non-hydrogen) atoms. The summed E-state index contributed by atoms with van der Waals surface area (Å²) in [5.74, 6) is -1.06. The standard InChI is InChI=1S/C9H4F4IN3O2/c10-8(11,9(12,13)16-17-15)14-6-4-2-1-3-5(6)7(18)19-14/h1-4H. The van der Waals surface area contributed by atoms with Crippen molar-refractivity contribution in [2.24, 2.45) is 5.11 Å². The average Bonchev–Trinajstić information content (AvgIpc) is 2.68. The molecule has 1 heterocycles. The van der Waals surface area contributed by atoms with Crippen molar-refractivity contribution in [3.63, 3.8) is 0 Å². The molecule has 0 saturated heterocycles. The molecule has 0 atom stereocenters. The van der Waals surface area contributed by atoms with E-state index in [0.29, 0.717) is 0 Å². The molecule has 0 bridgehead atoms. The van der Waals surface area contributed by atoms with E-state index in [4.69, 9.17) is 5.53 Å². The Hall–Kier alpha value is -1.55. The van der Waals surface area contributed by atoms with Gasteiger partial charge in [-0.2, -0.15) is 0 Å². The number of hydrogen-bond donors (Lipinski definition) is 0. The summed E-state index contributed by atoms with van der Waals surface area (Å²) in [5.41, 5.74) is 7.76. The van der Waals surface area contributed by atoms with Crippen molar-refractivity contribution in [1.82, 2.24) is 0 Å². The monoisotopic (exact) mass is 389 g/mol. The number of benzene rings is 1. The van der Waals surface area contributed by atoms with Crippen molar-refractivity contribution in [2.45, 2.75) is 9.98 Å². The Kier molecular flexibility index (Phi) is 3.31. The van der Waals surface area contributed by atoms with Crippen molar-refractivity contribution >= 4 is 26.2 Å². The van der Waals surface area contributed by atoms with Gasteiger partial charge in [0, 0.05) is 0 Å². The molecule has 0 fully saturated rings. The van der Waals surface area contributed by atoms with Crippen LogP contribution in [0.5, 0.6) is 0 Å². The maximum absolute atomic E-state index is 13.7. The van der Waals surface area contributed by atoms with E-state index in [9.17, 15) is 22.4 Å². The third-order valence-electron chi connectivity index (χ3n) is 2.15. The van der Waals surface area contributed by atoms with Gasteiger partial charge in [0.15, 0.2) is 0 Å². The van der Waals surface area contributed by atoms with Gasteiger partial charge >= 0.3 is 111 Å². The molecule has 0 aliphatic carbocycles.